The lowest BCUT2D eigenvalue weighted by Gasteiger charge is -2.02. The van der Waals surface area contributed by atoms with Crippen molar-refractivity contribution in [1.29, 1.82) is 0 Å². The number of benzene rings is 2. The first-order valence-corrected chi connectivity index (χ1v) is 7.06. The fourth-order valence-electron chi connectivity index (χ4n) is 1.68. The Labute approximate surface area is 109 Å². The number of carbonyl (C=O) groups excluding carboxylic acids is 1. The molecule has 1 unspecified atom stereocenters. The molecule has 18 heavy (non-hydrogen) atoms. The molecule has 0 bridgehead atoms. The molecule has 0 aliphatic rings. The quantitative estimate of drug-likeness (QED) is 0.826. The van der Waals surface area contributed by atoms with Gasteiger partial charge in [0.05, 0.1) is 16.6 Å². The first kappa shape index (κ1) is 12.7. The van der Waals surface area contributed by atoms with E-state index in [1.807, 2.05) is 48.5 Å². The highest BCUT2D eigenvalue weighted by atomic mass is 32.2. The smallest absolute Gasteiger partial charge is 0.150 e. The molecule has 2 rings (SSSR count). The van der Waals surface area contributed by atoms with E-state index in [9.17, 15) is 9.00 Å². The maximum Gasteiger partial charge on any atom is 0.150 e. The molecule has 0 fully saturated rings. The van der Waals surface area contributed by atoms with E-state index in [-0.39, 0.29) is 11.5 Å². The lowest BCUT2D eigenvalue weighted by molar-refractivity contribution is -0.116. The van der Waals surface area contributed by atoms with Gasteiger partial charge in [0.2, 0.25) is 0 Å². The van der Waals surface area contributed by atoms with Gasteiger partial charge in [-0.25, -0.2) is 0 Å². The van der Waals surface area contributed by atoms with Crippen LogP contribution in [0, 0.1) is 0 Å². The van der Waals surface area contributed by atoms with Crippen molar-refractivity contribution >= 4 is 16.6 Å². The molecule has 0 aliphatic carbocycles. The third-order valence-electron chi connectivity index (χ3n) is 2.54. The van der Waals surface area contributed by atoms with Gasteiger partial charge in [-0.15, -0.1) is 0 Å². The van der Waals surface area contributed by atoms with Gasteiger partial charge in [-0.1, -0.05) is 48.5 Å². The summed E-state index contributed by atoms with van der Waals surface area (Å²) in [4.78, 5) is 12.5. The number of rotatable bonds is 5. The van der Waals surface area contributed by atoms with E-state index in [0.29, 0.717) is 11.3 Å². The van der Waals surface area contributed by atoms with Crippen molar-refractivity contribution in [3.63, 3.8) is 0 Å². The van der Waals surface area contributed by atoms with E-state index < -0.39 is 10.8 Å². The first-order chi connectivity index (χ1) is 8.75. The van der Waals surface area contributed by atoms with Gasteiger partial charge in [-0.05, 0) is 17.7 Å². The monoisotopic (exact) mass is 258 g/mol. The van der Waals surface area contributed by atoms with Crippen LogP contribution in [0.2, 0.25) is 0 Å². The molecule has 0 spiro atoms. The SMILES string of the molecule is O=C(Cc1ccccc1)CS(=O)c1ccccc1. The summed E-state index contributed by atoms with van der Waals surface area (Å²) >= 11 is 0. The highest BCUT2D eigenvalue weighted by Crippen LogP contribution is 2.07. The molecule has 3 heteroatoms. The van der Waals surface area contributed by atoms with E-state index in [4.69, 9.17) is 0 Å². The molecular weight excluding hydrogens is 244 g/mol. The molecule has 0 aliphatic heterocycles. The fraction of sp³-hybridized carbons (Fsp3) is 0.133. The van der Waals surface area contributed by atoms with Crippen LogP contribution in [0.5, 0.6) is 0 Å². The second-order valence-electron chi connectivity index (χ2n) is 4.00. The van der Waals surface area contributed by atoms with Gasteiger partial charge in [0.25, 0.3) is 0 Å². The number of hydrogen-bond acceptors (Lipinski definition) is 2. The van der Waals surface area contributed by atoms with Gasteiger partial charge in [0.15, 0.2) is 0 Å². The van der Waals surface area contributed by atoms with E-state index in [0.717, 1.165) is 5.56 Å². The Morgan fingerprint density at radius 2 is 1.44 bits per heavy atom. The standard InChI is InChI=1S/C15H14O2S/c16-14(11-13-7-3-1-4-8-13)12-18(17)15-9-5-2-6-10-15/h1-10H,11-12H2. The Balaban J connectivity index is 1.94. The van der Waals surface area contributed by atoms with Gasteiger partial charge in [-0.3, -0.25) is 9.00 Å². The van der Waals surface area contributed by atoms with Crippen LogP contribution in [-0.4, -0.2) is 15.7 Å². The molecule has 0 radical (unpaired) electrons. The lowest BCUT2D eigenvalue weighted by atomic mass is 10.1. The minimum Gasteiger partial charge on any atom is -0.298 e. The van der Waals surface area contributed by atoms with E-state index >= 15 is 0 Å². The van der Waals surface area contributed by atoms with Crippen molar-refractivity contribution < 1.29 is 9.00 Å². The third-order valence-corrected chi connectivity index (χ3v) is 3.92. The molecule has 0 aromatic heterocycles. The molecule has 0 saturated heterocycles. The Morgan fingerprint density at radius 1 is 0.889 bits per heavy atom. The van der Waals surface area contributed by atoms with Crippen LogP contribution in [0.3, 0.4) is 0 Å². The predicted molar refractivity (Wildman–Crippen MR) is 72.9 cm³/mol. The first-order valence-electron chi connectivity index (χ1n) is 5.75. The number of hydrogen-bond donors (Lipinski definition) is 0. The van der Waals surface area contributed by atoms with E-state index in [1.54, 1.807) is 12.1 Å². The van der Waals surface area contributed by atoms with Crippen LogP contribution in [0.15, 0.2) is 65.6 Å². The summed E-state index contributed by atoms with van der Waals surface area (Å²) in [5.74, 6) is 0.0854. The van der Waals surface area contributed by atoms with Crippen molar-refractivity contribution in [2.75, 3.05) is 5.75 Å². The topological polar surface area (TPSA) is 34.1 Å². The van der Waals surface area contributed by atoms with Crippen molar-refractivity contribution in [1.82, 2.24) is 0 Å². The average molecular weight is 258 g/mol. The minimum absolute atomic E-state index is 0.00314. The molecule has 2 nitrogen and oxygen atoms in total. The zero-order valence-electron chi connectivity index (χ0n) is 9.91. The highest BCUT2D eigenvalue weighted by Gasteiger charge is 2.10. The van der Waals surface area contributed by atoms with Gasteiger partial charge in [0.1, 0.15) is 5.78 Å². The average Bonchev–Trinajstić information content (AvgIpc) is 2.40. The Bertz CT molecular complexity index is 535. The fourth-order valence-corrected chi connectivity index (χ4v) is 2.70. The van der Waals surface area contributed by atoms with Gasteiger partial charge in [-0.2, -0.15) is 0 Å². The maximum atomic E-state index is 11.9. The van der Waals surface area contributed by atoms with E-state index in [2.05, 4.69) is 0 Å². The molecule has 92 valence electrons. The molecule has 2 aromatic rings. The van der Waals surface area contributed by atoms with Crippen LogP contribution < -0.4 is 0 Å². The van der Waals surface area contributed by atoms with Crippen LogP contribution in [0.4, 0.5) is 0 Å². The number of Topliss-reactive ketones (excluding diaryl/α,β-unsaturated/α-hetero) is 1. The van der Waals surface area contributed by atoms with Crippen LogP contribution in [-0.2, 0) is 22.0 Å². The second-order valence-corrected chi connectivity index (χ2v) is 5.46. The summed E-state index contributed by atoms with van der Waals surface area (Å²) in [6.07, 6.45) is 0.347. The second kappa shape index (κ2) is 6.26. The number of ketones is 1. The number of carbonyl (C=O) groups is 1. The highest BCUT2D eigenvalue weighted by molar-refractivity contribution is 7.85. The largest absolute Gasteiger partial charge is 0.298 e. The molecule has 1 atom stereocenters. The summed E-state index contributed by atoms with van der Waals surface area (Å²) in [6, 6.07) is 18.6. The lowest BCUT2D eigenvalue weighted by Crippen LogP contribution is -2.13. The summed E-state index contributed by atoms with van der Waals surface area (Å²) < 4.78 is 11.9. The summed E-state index contributed by atoms with van der Waals surface area (Å²) in [5, 5.41) is 0. The molecular formula is C15H14O2S. The van der Waals surface area contributed by atoms with E-state index in [1.165, 1.54) is 0 Å². The molecule has 0 amide bonds. The summed E-state index contributed by atoms with van der Waals surface area (Å²) in [5.41, 5.74) is 0.965. The van der Waals surface area contributed by atoms with Crippen LogP contribution in [0.1, 0.15) is 5.56 Å². The Kier molecular flexibility index (Phi) is 4.42. The minimum atomic E-state index is -1.24. The Morgan fingerprint density at radius 3 is 2.06 bits per heavy atom. The summed E-state index contributed by atoms with van der Waals surface area (Å²) in [6.45, 7) is 0. The van der Waals surface area contributed by atoms with Crippen molar-refractivity contribution in [3.05, 3.63) is 66.2 Å². The van der Waals surface area contributed by atoms with Crippen LogP contribution in [0.25, 0.3) is 0 Å². The van der Waals surface area contributed by atoms with Gasteiger partial charge in [0, 0.05) is 11.3 Å². The molecule has 0 N–H and O–H groups in total. The molecule has 0 heterocycles. The predicted octanol–water partition coefficient (Wildman–Crippen LogP) is 2.61. The summed E-state index contributed by atoms with van der Waals surface area (Å²) in [7, 11) is -1.24. The zero-order chi connectivity index (χ0) is 12.8. The van der Waals surface area contributed by atoms with Crippen molar-refractivity contribution in [2.24, 2.45) is 0 Å². The molecule has 2 aromatic carbocycles. The van der Waals surface area contributed by atoms with Crippen LogP contribution >= 0.6 is 0 Å². The Hall–Kier alpha value is -1.74. The van der Waals surface area contributed by atoms with Crippen molar-refractivity contribution in [3.8, 4) is 0 Å². The molecule has 0 saturated carbocycles. The third kappa shape index (κ3) is 3.64. The normalized spacial score (nSPS) is 12.0. The van der Waals surface area contributed by atoms with Gasteiger partial charge < -0.3 is 0 Å². The van der Waals surface area contributed by atoms with Gasteiger partial charge >= 0.3 is 0 Å². The maximum absolute atomic E-state index is 11.9. The zero-order valence-corrected chi connectivity index (χ0v) is 10.7. The van der Waals surface area contributed by atoms with Crippen molar-refractivity contribution in [2.45, 2.75) is 11.3 Å².